The molecule has 1 aliphatic heterocycles. The van der Waals surface area contributed by atoms with Gasteiger partial charge in [0, 0.05) is 42.2 Å². The van der Waals surface area contributed by atoms with Crippen LogP contribution in [0.25, 0.3) is 113 Å². The molecule has 0 spiro atoms. The number of para-hydroxylation sites is 1. The Kier molecular flexibility index (Phi) is 6.82. The topological polar surface area (TPSA) is 4.93 Å². The first-order valence-corrected chi connectivity index (χ1v) is 24.4. The lowest BCUT2D eigenvalue weighted by atomic mass is 9.96. The smallest absolute Gasteiger partial charge is 0.114 e. The minimum atomic E-state index is -1.86. The van der Waals surface area contributed by atoms with Crippen molar-refractivity contribution in [2.24, 2.45) is 0 Å². The minimum absolute atomic E-state index is 1.19. The van der Waals surface area contributed by atoms with Gasteiger partial charge in [-0.3, -0.25) is 0 Å². The van der Waals surface area contributed by atoms with Crippen molar-refractivity contribution in [2.45, 2.75) is 13.1 Å². The Morgan fingerprint density at radius 1 is 0.390 bits per heavy atom. The van der Waals surface area contributed by atoms with E-state index in [1.54, 1.807) is 10.4 Å². The fourth-order valence-electron chi connectivity index (χ4n) is 10.6. The zero-order valence-electron chi connectivity index (χ0n) is 32.8. The summed E-state index contributed by atoms with van der Waals surface area (Å²) in [6.07, 6.45) is 0. The third-order valence-electron chi connectivity index (χ3n) is 13.3. The number of hydrogen-bond acceptors (Lipinski definition) is 1. The van der Waals surface area contributed by atoms with Gasteiger partial charge in [0.25, 0.3) is 0 Å². The largest absolute Gasteiger partial charge is 0.309 e. The molecule has 12 aromatic rings. The Balaban J connectivity index is 0.947. The summed E-state index contributed by atoms with van der Waals surface area (Å²) in [7, 11) is -1.86. The van der Waals surface area contributed by atoms with Crippen molar-refractivity contribution in [2.75, 3.05) is 0 Å². The van der Waals surface area contributed by atoms with Crippen LogP contribution in [-0.4, -0.2) is 12.6 Å². The van der Waals surface area contributed by atoms with Crippen molar-refractivity contribution in [3.63, 3.8) is 0 Å². The van der Waals surface area contributed by atoms with Crippen LogP contribution in [0.4, 0.5) is 0 Å². The highest BCUT2D eigenvalue weighted by atomic mass is 32.1. The molecule has 0 saturated heterocycles. The van der Waals surface area contributed by atoms with E-state index in [4.69, 9.17) is 0 Å². The Hall–Kier alpha value is -6.78. The lowest BCUT2D eigenvalue weighted by Gasteiger charge is -2.21. The van der Waals surface area contributed by atoms with E-state index < -0.39 is 8.07 Å². The maximum Gasteiger partial charge on any atom is 0.114 e. The molecule has 0 atom stereocenters. The molecule has 13 rings (SSSR count). The first kappa shape index (κ1) is 33.2. The van der Waals surface area contributed by atoms with E-state index in [9.17, 15) is 0 Å². The molecule has 10 aromatic carbocycles. The predicted molar refractivity (Wildman–Crippen MR) is 259 cm³/mol. The predicted octanol–water partition coefficient (Wildman–Crippen LogP) is 14.7. The molecule has 276 valence electrons. The quantitative estimate of drug-likeness (QED) is 0.124. The van der Waals surface area contributed by atoms with E-state index in [0.29, 0.717) is 0 Å². The highest BCUT2D eigenvalue weighted by Gasteiger charge is 2.38. The molecule has 0 aliphatic carbocycles. The molecule has 1 nitrogen and oxygen atoms in total. The van der Waals surface area contributed by atoms with Crippen LogP contribution >= 0.6 is 11.3 Å². The summed E-state index contributed by atoms with van der Waals surface area (Å²) >= 11 is 1.90. The Bertz CT molecular complexity index is 3760. The van der Waals surface area contributed by atoms with Gasteiger partial charge in [0.1, 0.15) is 8.07 Å². The standard InChI is InChI=1S/C56H37NSSi/c1-59(2)54-20-8-6-15-44(54)47-26-22-38-29-35-21-25-40(30-39(35)33-48(38)56(47)59)57-51-19-7-5-14-43(51)49-31-36(23-27-52(49)57)37-24-28-53-50(32-37)46-18-10-17-45(55(46)58-53)42-16-9-12-34-11-3-4-13-41(34)42/h3-33H,1-2H3. The number of thiophene rings is 1. The molecule has 3 heterocycles. The Labute approximate surface area is 347 Å². The molecule has 0 saturated carbocycles. The number of fused-ring (bicyclic) bond motifs is 13. The summed E-state index contributed by atoms with van der Waals surface area (Å²) in [6, 6.07) is 70.9. The van der Waals surface area contributed by atoms with E-state index in [-0.39, 0.29) is 0 Å². The second-order valence-electron chi connectivity index (χ2n) is 16.9. The number of hydrogen-bond donors (Lipinski definition) is 0. The molecule has 0 fully saturated rings. The van der Waals surface area contributed by atoms with E-state index in [1.807, 2.05) is 11.3 Å². The van der Waals surface area contributed by atoms with Crippen molar-refractivity contribution >= 4 is 104 Å². The molecule has 0 N–H and O–H groups in total. The molecule has 0 unspecified atom stereocenters. The maximum atomic E-state index is 2.52. The monoisotopic (exact) mass is 783 g/mol. The van der Waals surface area contributed by atoms with Crippen LogP contribution in [0, 0.1) is 0 Å². The van der Waals surface area contributed by atoms with Crippen molar-refractivity contribution in [3.05, 3.63) is 188 Å². The van der Waals surface area contributed by atoms with Gasteiger partial charge >= 0.3 is 0 Å². The molecule has 0 bridgehead atoms. The van der Waals surface area contributed by atoms with Crippen LogP contribution in [0.15, 0.2) is 188 Å². The molecule has 59 heavy (non-hydrogen) atoms. The number of benzene rings is 10. The van der Waals surface area contributed by atoms with Gasteiger partial charge in [-0.2, -0.15) is 0 Å². The lowest BCUT2D eigenvalue weighted by molar-refractivity contribution is 1.19. The molecular weight excluding hydrogens is 747 g/mol. The molecule has 0 amide bonds. The lowest BCUT2D eigenvalue weighted by Crippen LogP contribution is -2.49. The minimum Gasteiger partial charge on any atom is -0.309 e. The van der Waals surface area contributed by atoms with E-state index in [0.717, 1.165) is 0 Å². The summed E-state index contributed by atoms with van der Waals surface area (Å²) < 4.78 is 5.13. The summed E-state index contributed by atoms with van der Waals surface area (Å²) in [4.78, 5) is 0. The van der Waals surface area contributed by atoms with E-state index in [2.05, 4.69) is 206 Å². The normalized spacial score (nSPS) is 13.4. The van der Waals surface area contributed by atoms with Crippen molar-refractivity contribution in [1.82, 2.24) is 4.57 Å². The average molecular weight is 784 g/mol. The third kappa shape index (κ3) is 4.71. The van der Waals surface area contributed by atoms with Crippen LogP contribution in [0.5, 0.6) is 0 Å². The van der Waals surface area contributed by atoms with Crippen molar-refractivity contribution in [3.8, 4) is 39.1 Å². The highest BCUT2D eigenvalue weighted by molar-refractivity contribution is 7.26. The van der Waals surface area contributed by atoms with Crippen LogP contribution < -0.4 is 10.4 Å². The highest BCUT2D eigenvalue weighted by Crippen LogP contribution is 2.44. The number of aromatic nitrogens is 1. The first-order chi connectivity index (χ1) is 29.0. The molecule has 3 heteroatoms. The fraction of sp³-hybridized carbons (Fsp3) is 0.0357. The Morgan fingerprint density at radius 3 is 2.02 bits per heavy atom. The Morgan fingerprint density at radius 2 is 1.08 bits per heavy atom. The molecule has 2 aromatic heterocycles. The van der Waals surface area contributed by atoms with Crippen LogP contribution in [0.1, 0.15) is 0 Å². The van der Waals surface area contributed by atoms with Crippen molar-refractivity contribution in [1.29, 1.82) is 0 Å². The maximum absolute atomic E-state index is 2.52. The van der Waals surface area contributed by atoms with Gasteiger partial charge in [-0.1, -0.05) is 147 Å². The van der Waals surface area contributed by atoms with Gasteiger partial charge in [-0.05, 0) is 125 Å². The van der Waals surface area contributed by atoms with Gasteiger partial charge in [0.2, 0.25) is 0 Å². The molecular formula is C56H37NSSi. The summed E-state index contributed by atoms with van der Waals surface area (Å²) in [5.41, 5.74) is 11.6. The van der Waals surface area contributed by atoms with E-state index >= 15 is 0 Å². The average Bonchev–Trinajstić information content (AvgIpc) is 3.90. The van der Waals surface area contributed by atoms with Crippen molar-refractivity contribution < 1.29 is 0 Å². The fourth-order valence-corrected chi connectivity index (χ4v) is 15.2. The van der Waals surface area contributed by atoms with Gasteiger partial charge in [0.15, 0.2) is 0 Å². The van der Waals surface area contributed by atoms with E-state index in [1.165, 1.54) is 113 Å². The second kappa shape index (κ2) is 12.1. The van der Waals surface area contributed by atoms with Crippen LogP contribution in [0.2, 0.25) is 13.1 Å². The van der Waals surface area contributed by atoms with Gasteiger partial charge < -0.3 is 4.57 Å². The zero-order chi connectivity index (χ0) is 39.0. The first-order valence-electron chi connectivity index (χ1n) is 20.6. The number of rotatable bonds is 3. The van der Waals surface area contributed by atoms with Crippen LogP contribution in [0.3, 0.4) is 0 Å². The molecule has 1 aliphatic rings. The number of nitrogens with zero attached hydrogens (tertiary/aromatic N) is 1. The summed E-state index contributed by atoms with van der Waals surface area (Å²) in [5.74, 6) is 0. The zero-order valence-corrected chi connectivity index (χ0v) is 34.6. The van der Waals surface area contributed by atoms with Crippen LogP contribution in [-0.2, 0) is 0 Å². The second-order valence-corrected chi connectivity index (χ2v) is 22.2. The van der Waals surface area contributed by atoms with Gasteiger partial charge in [0.05, 0.1) is 11.0 Å². The van der Waals surface area contributed by atoms with Gasteiger partial charge in [-0.15, -0.1) is 11.3 Å². The van der Waals surface area contributed by atoms with Gasteiger partial charge in [-0.25, -0.2) is 0 Å². The summed E-state index contributed by atoms with van der Waals surface area (Å²) in [6.45, 7) is 5.04. The SMILES string of the molecule is C[Si]1(C)c2ccccc2-c2ccc3cc4ccc(-n5c6ccccc6c6cc(-c7ccc8sc9c(-c%10cccc%11ccccc%10%11)cccc9c8c7)ccc65)cc4cc3c21. The molecule has 0 radical (unpaired) electrons. The summed E-state index contributed by atoms with van der Waals surface area (Å²) in [5, 5.41) is 16.2. The third-order valence-corrected chi connectivity index (χ3v) is 18.1.